The number of aromatic nitrogens is 2. The second-order valence-corrected chi connectivity index (χ2v) is 3.07. The van der Waals surface area contributed by atoms with Crippen molar-refractivity contribution in [2.24, 2.45) is 4.99 Å². The monoisotopic (exact) mass is 178 g/mol. The maximum Gasteiger partial charge on any atom is 0.150 e. The molecule has 0 radical (unpaired) electrons. The Morgan fingerprint density at radius 2 is 2.23 bits per heavy atom. The molecule has 1 rings (SSSR count). The van der Waals surface area contributed by atoms with Crippen molar-refractivity contribution in [1.29, 1.82) is 5.41 Å². The van der Waals surface area contributed by atoms with Crippen molar-refractivity contribution in [2.45, 2.75) is 19.8 Å². The summed E-state index contributed by atoms with van der Waals surface area (Å²) in [7, 11) is 1.69. The lowest BCUT2D eigenvalue weighted by atomic mass is 10.1. The standard InChI is InChI=1S/C9H14N4/c1-7(2)8-4-5-9(11-3)13(6-10)12-8/h4-7,10H,1-3H3. The van der Waals surface area contributed by atoms with E-state index in [1.54, 1.807) is 7.05 Å². The lowest BCUT2D eigenvalue weighted by Crippen LogP contribution is -2.23. The summed E-state index contributed by atoms with van der Waals surface area (Å²) in [6.07, 6.45) is 1.16. The van der Waals surface area contributed by atoms with Crippen LogP contribution in [0, 0.1) is 5.41 Å². The predicted octanol–water partition coefficient (Wildman–Crippen LogP) is 0.992. The fourth-order valence-corrected chi connectivity index (χ4v) is 1.03. The van der Waals surface area contributed by atoms with E-state index >= 15 is 0 Å². The molecule has 70 valence electrons. The second kappa shape index (κ2) is 3.98. The van der Waals surface area contributed by atoms with E-state index < -0.39 is 0 Å². The van der Waals surface area contributed by atoms with Gasteiger partial charge in [0.15, 0.2) is 0 Å². The molecule has 0 fully saturated rings. The normalized spacial score (nSPS) is 12.2. The van der Waals surface area contributed by atoms with Crippen LogP contribution < -0.4 is 5.49 Å². The smallest absolute Gasteiger partial charge is 0.150 e. The second-order valence-electron chi connectivity index (χ2n) is 3.07. The van der Waals surface area contributed by atoms with Crippen LogP contribution in [0.3, 0.4) is 0 Å². The fourth-order valence-electron chi connectivity index (χ4n) is 1.03. The van der Waals surface area contributed by atoms with E-state index in [0.717, 1.165) is 12.0 Å². The van der Waals surface area contributed by atoms with Gasteiger partial charge < -0.3 is 0 Å². The molecule has 4 heteroatoms. The average Bonchev–Trinajstić information content (AvgIpc) is 2.16. The molecule has 1 aromatic rings. The van der Waals surface area contributed by atoms with Gasteiger partial charge in [0, 0.05) is 7.05 Å². The molecule has 0 aliphatic heterocycles. The molecular weight excluding hydrogens is 164 g/mol. The lowest BCUT2D eigenvalue weighted by molar-refractivity contribution is 0.730. The van der Waals surface area contributed by atoms with Crippen LogP contribution in [0.15, 0.2) is 17.1 Å². The van der Waals surface area contributed by atoms with E-state index in [1.165, 1.54) is 4.68 Å². The van der Waals surface area contributed by atoms with Gasteiger partial charge in [0.2, 0.25) is 0 Å². The van der Waals surface area contributed by atoms with Gasteiger partial charge in [-0.1, -0.05) is 13.8 Å². The summed E-state index contributed by atoms with van der Waals surface area (Å²) in [5.74, 6) is 0.372. The van der Waals surface area contributed by atoms with Crippen molar-refractivity contribution in [2.75, 3.05) is 7.05 Å². The molecule has 1 heterocycles. The quantitative estimate of drug-likeness (QED) is 0.533. The first kappa shape index (κ1) is 9.64. The molecule has 1 aromatic heterocycles. The highest BCUT2D eigenvalue weighted by atomic mass is 15.3. The number of nitrogens with one attached hydrogen (secondary N) is 1. The van der Waals surface area contributed by atoms with Gasteiger partial charge in [-0.15, -0.1) is 0 Å². The fraction of sp³-hybridized carbons (Fsp3) is 0.444. The Morgan fingerprint density at radius 1 is 1.54 bits per heavy atom. The molecule has 0 aliphatic carbocycles. The third-order valence-corrected chi connectivity index (χ3v) is 1.80. The van der Waals surface area contributed by atoms with Crippen molar-refractivity contribution >= 4 is 6.34 Å². The number of rotatable bonds is 2. The highest BCUT2D eigenvalue weighted by Crippen LogP contribution is 2.07. The zero-order valence-electron chi connectivity index (χ0n) is 8.15. The van der Waals surface area contributed by atoms with Crippen LogP contribution in [0.1, 0.15) is 25.5 Å². The summed E-state index contributed by atoms with van der Waals surface area (Å²) in [5, 5.41) is 11.4. The summed E-state index contributed by atoms with van der Waals surface area (Å²) in [6.45, 7) is 4.14. The molecule has 0 aliphatic rings. The molecule has 0 spiro atoms. The van der Waals surface area contributed by atoms with Crippen LogP contribution in [0.4, 0.5) is 0 Å². The molecular formula is C9H14N4. The Bertz CT molecular complexity index is 362. The summed E-state index contributed by atoms with van der Waals surface area (Å²) in [5.41, 5.74) is 1.66. The van der Waals surface area contributed by atoms with Gasteiger partial charge in [-0.25, -0.2) is 4.68 Å². The van der Waals surface area contributed by atoms with Gasteiger partial charge in [-0.2, -0.15) is 5.10 Å². The van der Waals surface area contributed by atoms with E-state index in [0.29, 0.717) is 11.4 Å². The highest BCUT2D eigenvalue weighted by molar-refractivity contribution is 5.52. The Morgan fingerprint density at radius 3 is 2.69 bits per heavy atom. The van der Waals surface area contributed by atoms with E-state index in [1.807, 2.05) is 12.1 Å². The van der Waals surface area contributed by atoms with Crippen molar-refractivity contribution in [1.82, 2.24) is 9.78 Å². The summed E-state index contributed by atoms with van der Waals surface area (Å²) in [4.78, 5) is 3.99. The van der Waals surface area contributed by atoms with E-state index in [-0.39, 0.29) is 0 Å². The molecule has 4 nitrogen and oxygen atoms in total. The first-order valence-corrected chi connectivity index (χ1v) is 4.22. The van der Waals surface area contributed by atoms with E-state index in [9.17, 15) is 0 Å². The highest BCUT2D eigenvalue weighted by Gasteiger charge is 2.01. The minimum absolute atomic E-state index is 0.372. The van der Waals surface area contributed by atoms with Gasteiger partial charge >= 0.3 is 0 Å². The Labute approximate surface area is 77.5 Å². The molecule has 0 saturated heterocycles. The van der Waals surface area contributed by atoms with Crippen LogP contribution in [-0.4, -0.2) is 23.2 Å². The van der Waals surface area contributed by atoms with E-state index in [2.05, 4.69) is 23.9 Å². The largest absolute Gasteiger partial charge is 0.289 e. The van der Waals surface area contributed by atoms with Gasteiger partial charge in [-0.05, 0) is 18.1 Å². The van der Waals surface area contributed by atoms with Crippen molar-refractivity contribution < 1.29 is 0 Å². The average molecular weight is 178 g/mol. The van der Waals surface area contributed by atoms with Crippen LogP contribution in [0.5, 0.6) is 0 Å². The molecule has 0 atom stereocenters. The third kappa shape index (κ3) is 2.02. The Balaban J connectivity index is 3.29. The van der Waals surface area contributed by atoms with Gasteiger partial charge in [0.25, 0.3) is 0 Å². The summed E-state index contributed by atoms with van der Waals surface area (Å²) >= 11 is 0. The predicted molar refractivity (Wildman–Crippen MR) is 52.0 cm³/mol. The van der Waals surface area contributed by atoms with Crippen molar-refractivity contribution in [3.63, 3.8) is 0 Å². The summed E-state index contributed by atoms with van der Waals surface area (Å²) in [6, 6.07) is 3.81. The van der Waals surface area contributed by atoms with Crippen molar-refractivity contribution in [3.8, 4) is 0 Å². The number of hydrogen-bond acceptors (Lipinski definition) is 3. The molecule has 0 amide bonds. The van der Waals surface area contributed by atoms with Crippen molar-refractivity contribution in [3.05, 3.63) is 23.3 Å². The molecule has 0 unspecified atom stereocenters. The first-order valence-electron chi connectivity index (χ1n) is 4.22. The number of nitrogens with zero attached hydrogens (tertiary/aromatic N) is 3. The molecule has 1 N–H and O–H groups in total. The maximum atomic E-state index is 7.14. The molecule has 0 aromatic carbocycles. The summed E-state index contributed by atoms with van der Waals surface area (Å²) < 4.78 is 1.47. The van der Waals surface area contributed by atoms with Crippen LogP contribution >= 0.6 is 0 Å². The van der Waals surface area contributed by atoms with Crippen LogP contribution in [0.2, 0.25) is 0 Å². The third-order valence-electron chi connectivity index (χ3n) is 1.80. The first-order chi connectivity index (χ1) is 6.19. The SMILES string of the molecule is CN=c1ccc(C(C)C)nn1C=N. The van der Waals surface area contributed by atoms with Gasteiger partial charge in [-0.3, -0.25) is 10.4 Å². The van der Waals surface area contributed by atoms with Gasteiger partial charge in [0.05, 0.1) is 5.69 Å². The van der Waals surface area contributed by atoms with Crippen LogP contribution in [-0.2, 0) is 0 Å². The maximum absolute atomic E-state index is 7.14. The topological polar surface area (TPSA) is 54.0 Å². The van der Waals surface area contributed by atoms with Crippen LogP contribution in [0.25, 0.3) is 0 Å². The van der Waals surface area contributed by atoms with Gasteiger partial charge in [0.1, 0.15) is 11.8 Å². The zero-order valence-corrected chi connectivity index (χ0v) is 8.15. The molecule has 0 saturated carbocycles. The zero-order chi connectivity index (χ0) is 9.84. The minimum atomic E-state index is 0.372. The molecule has 0 bridgehead atoms. The Kier molecular flexibility index (Phi) is 2.95. The Hall–Kier alpha value is -1.45. The number of hydrogen-bond donors (Lipinski definition) is 1. The molecule has 13 heavy (non-hydrogen) atoms. The van der Waals surface area contributed by atoms with E-state index in [4.69, 9.17) is 5.41 Å². The minimum Gasteiger partial charge on any atom is -0.289 e. The lowest BCUT2D eigenvalue weighted by Gasteiger charge is -2.05.